The molecule has 0 aromatic heterocycles. The van der Waals surface area contributed by atoms with Gasteiger partial charge in [0.05, 0.1) is 0 Å². The third-order valence-corrected chi connectivity index (χ3v) is 5.01. The van der Waals surface area contributed by atoms with Gasteiger partial charge in [0.15, 0.2) is 0 Å². The molecule has 0 aromatic rings. The Labute approximate surface area is 92.2 Å². The molecular formula is C11H21ClN2. The quantitative estimate of drug-likeness (QED) is 0.699. The third-order valence-electron chi connectivity index (χ3n) is 5.01. The fourth-order valence-corrected chi connectivity index (χ4v) is 4.40. The summed E-state index contributed by atoms with van der Waals surface area (Å²) in [6, 6.07) is 0. The summed E-state index contributed by atoms with van der Waals surface area (Å²) >= 11 is 0. The lowest BCUT2D eigenvalue weighted by atomic mass is 9.49. The van der Waals surface area contributed by atoms with Crippen molar-refractivity contribution >= 4 is 12.4 Å². The normalized spacial score (nSPS) is 54.4. The second-order valence-electron chi connectivity index (χ2n) is 5.62. The van der Waals surface area contributed by atoms with E-state index in [1.807, 2.05) is 0 Å². The van der Waals surface area contributed by atoms with Crippen LogP contribution in [0.3, 0.4) is 0 Å². The highest BCUT2D eigenvalue weighted by Crippen LogP contribution is 2.56. The van der Waals surface area contributed by atoms with Gasteiger partial charge in [-0.25, -0.2) is 0 Å². The number of rotatable bonds is 1. The largest absolute Gasteiger partial charge is 0.329 e. The molecule has 14 heavy (non-hydrogen) atoms. The van der Waals surface area contributed by atoms with Gasteiger partial charge in [0, 0.05) is 12.1 Å². The fourth-order valence-electron chi connectivity index (χ4n) is 4.40. The average molecular weight is 217 g/mol. The number of nitrogens with two attached hydrogens (primary N) is 2. The van der Waals surface area contributed by atoms with E-state index in [0.717, 1.165) is 23.7 Å². The van der Waals surface area contributed by atoms with Crippen molar-refractivity contribution in [1.29, 1.82) is 0 Å². The van der Waals surface area contributed by atoms with Crippen molar-refractivity contribution in [2.45, 2.75) is 37.6 Å². The molecule has 4 fully saturated rings. The molecule has 4 rings (SSSR count). The van der Waals surface area contributed by atoms with Crippen LogP contribution < -0.4 is 11.5 Å². The minimum absolute atomic E-state index is 0. The first kappa shape index (κ1) is 10.7. The smallest absolute Gasteiger partial charge is 0.0336 e. The van der Waals surface area contributed by atoms with Crippen molar-refractivity contribution in [1.82, 2.24) is 0 Å². The summed E-state index contributed by atoms with van der Waals surface area (Å²) in [7, 11) is 0. The van der Waals surface area contributed by atoms with E-state index in [1.54, 1.807) is 0 Å². The van der Waals surface area contributed by atoms with E-state index >= 15 is 0 Å². The van der Waals surface area contributed by atoms with Crippen molar-refractivity contribution in [3.05, 3.63) is 0 Å². The molecule has 0 unspecified atom stereocenters. The topological polar surface area (TPSA) is 52.0 Å². The molecule has 4 N–H and O–H groups in total. The summed E-state index contributed by atoms with van der Waals surface area (Å²) in [5.74, 6) is 3.53. The predicted molar refractivity (Wildman–Crippen MR) is 60.3 cm³/mol. The third kappa shape index (κ3) is 1.24. The minimum Gasteiger partial charge on any atom is -0.329 e. The second-order valence-corrected chi connectivity index (χ2v) is 5.62. The molecule has 0 aliphatic heterocycles. The zero-order chi connectivity index (χ0) is 9.05. The number of halogens is 1. The molecule has 0 heterocycles. The summed E-state index contributed by atoms with van der Waals surface area (Å²) < 4.78 is 0. The molecule has 3 heteroatoms. The first-order valence-electron chi connectivity index (χ1n) is 5.71. The molecule has 0 amide bonds. The van der Waals surface area contributed by atoms with E-state index in [-0.39, 0.29) is 17.9 Å². The molecule has 4 saturated carbocycles. The average Bonchev–Trinajstić information content (AvgIpc) is 2.13. The highest BCUT2D eigenvalue weighted by molar-refractivity contribution is 5.85. The lowest BCUT2D eigenvalue weighted by molar-refractivity contribution is -0.0507. The van der Waals surface area contributed by atoms with Gasteiger partial charge in [0.25, 0.3) is 0 Å². The van der Waals surface area contributed by atoms with Gasteiger partial charge in [-0.05, 0) is 55.8 Å². The van der Waals surface area contributed by atoms with E-state index in [9.17, 15) is 0 Å². The van der Waals surface area contributed by atoms with Crippen molar-refractivity contribution in [3.63, 3.8) is 0 Å². The van der Waals surface area contributed by atoms with Crippen LogP contribution in [0.1, 0.15) is 32.1 Å². The van der Waals surface area contributed by atoms with Gasteiger partial charge in [0.2, 0.25) is 0 Å². The molecule has 4 aliphatic carbocycles. The molecule has 82 valence electrons. The zero-order valence-electron chi connectivity index (χ0n) is 8.61. The van der Waals surface area contributed by atoms with Gasteiger partial charge in [-0.1, -0.05) is 0 Å². The SMILES string of the molecule is Cl.NCC1(N)C2CC3CC(C2)CC1C3. The Kier molecular flexibility index (Phi) is 2.57. The Morgan fingerprint density at radius 2 is 1.36 bits per heavy atom. The van der Waals surface area contributed by atoms with Crippen LogP contribution in [-0.2, 0) is 0 Å². The van der Waals surface area contributed by atoms with Crippen molar-refractivity contribution in [3.8, 4) is 0 Å². The Balaban J connectivity index is 0.000000750. The molecular weight excluding hydrogens is 196 g/mol. The predicted octanol–water partition coefficient (Wildman–Crippen LogP) is 1.52. The van der Waals surface area contributed by atoms with Crippen molar-refractivity contribution < 1.29 is 0 Å². The van der Waals surface area contributed by atoms with Crippen molar-refractivity contribution in [2.75, 3.05) is 6.54 Å². The van der Waals surface area contributed by atoms with Crippen LogP contribution >= 0.6 is 12.4 Å². The van der Waals surface area contributed by atoms with Gasteiger partial charge in [0.1, 0.15) is 0 Å². The Morgan fingerprint density at radius 3 is 1.71 bits per heavy atom. The molecule has 4 aliphatic rings. The number of hydrogen-bond acceptors (Lipinski definition) is 2. The number of hydrogen-bond donors (Lipinski definition) is 2. The molecule has 4 bridgehead atoms. The summed E-state index contributed by atoms with van der Waals surface area (Å²) in [5.41, 5.74) is 12.3. The molecule has 0 aromatic carbocycles. The maximum absolute atomic E-state index is 6.47. The molecule has 0 spiro atoms. The van der Waals surface area contributed by atoms with Gasteiger partial charge < -0.3 is 11.5 Å². The zero-order valence-corrected chi connectivity index (χ0v) is 9.43. The van der Waals surface area contributed by atoms with Crippen LogP contribution in [0.15, 0.2) is 0 Å². The lowest BCUT2D eigenvalue weighted by Crippen LogP contribution is -2.66. The summed E-state index contributed by atoms with van der Waals surface area (Å²) in [4.78, 5) is 0. The monoisotopic (exact) mass is 216 g/mol. The second kappa shape index (κ2) is 3.36. The Morgan fingerprint density at radius 1 is 0.929 bits per heavy atom. The standard InChI is InChI=1S/C11H20N2.ClH/c12-6-11(13)9-2-7-1-8(4-9)5-10(11)3-7;/h7-10H,1-6,12-13H2;1H. The highest BCUT2D eigenvalue weighted by Gasteiger charge is 2.54. The highest BCUT2D eigenvalue weighted by atomic mass is 35.5. The minimum atomic E-state index is 0. The van der Waals surface area contributed by atoms with E-state index in [2.05, 4.69) is 0 Å². The van der Waals surface area contributed by atoms with Crippen LogP contribution in [0, 0.1) is 23.7 Å². The first-order valence-corrected chi connectivity index (χ1v) is 5.71. The fraction of sp³-hybridized carbons (Fsp3) is 1.00. The van der Waals surface area contributed by atoms with Crippen LogP contribution in [0.25, 0.3) is 0 Å². The summed E-state index contributed by atoms with van der Waals surface area (Å²) in [6.07, 6.45) is 7.00. The van der Waals surface area contributed by atoms with Gasteiger partial charge in [-0.3, -0.25) is 0 Å². The first-order chi connectivity index (χ1) is 6.22. The van der Waals surface area contributed by atoms with E-state index in [1.165, 1.54) is 32.1 Å². The molecule has 0 saturated heterocycles. The maximum atomic E-state index is 6.47. The van der Waals surface area contributed by atoms with E-state index in [4.69, 9.17) is 11.5 Å². The van der Waals surface area contributed by atoms with E-state index in [0.29, 0.717) is 6.54 Å². The summed E-state index contributed by atoms with van der Waals surface area (Å²) in [5, 5.41) is 0. The van der Waals surface area contributed by atoms with Crippen LogP contribution in [-0.4, -0.2) is 12.1 Å². The van der Waals surface area contributed by atoms with E-state index < -0.39 is 0 Å². The molecule has 2 nitrogen and oxygen atoms in total. The maximum Gasteiger partial charge on any atom is 0.0336 e. The lowest BCUT2D eigenvalue weighted by Gasteiger charge is -2.59. The van der Waals surface area contributed by atoms with Crippen LogP contribution in [0.2, 0.25) is 0 Å². The van der Waals surface area contributed by atoms with Crippen LogP contribution in [0.4, 0.5) is 0 Å². The van der Waals surface area contributed by atoms with Gasteiger partial charge >= 0.3 is 0 Å². The molecule has 0 radical (unpaired) electrons. The molecule has 0 atom stereocenters. The Hall–Kier alpha value is 0.210. The Bertz CT molecular complexity index is 201. The van der Waals surface area contributed by atoms with Crippen molar-refractivity contribution in [2.24, 2.45) is 35.1 Å². The van der Waals surface area contributed by atoms with Gasteiger partial charge in [-0.15, -0.1) is 12.4 Å². The van der Waals surface area contributed by atoms with Crippen LogP contribution in [0.5, 0.6) is 0 Å². The summed E-state index contributed by atoms with van der Waals surface area (Å²) in [6.45, 7) is 0.710. The van der Waals surface area contributed by atoms with Gasteiger partial charge in [-0.2, -0.15) is 0 Å².